The van der Waals surface area contributed by atoms with Crippen LogP contribution in [-0.4, -0.2) is 93.5 Å². The van der Waals surface area contributed by atoms with Crippen LogP contribution in [0.5, 0.6) is 0 Å². The third-order valence-corrected chi connectivity index (χ3v) is 8.41. The van der Waals surface area contributed by atoms with Gasteiger partial charge in [0.15, 0.2) is 0 Å². The maximum Gasteiger partial charge on any atom is 0.243 e. The first-order valence-corrected chi connectivity index (χ1v) is 13.5. The lowest BCUT2D eigenvalue weighted by atomic mass is 10.2. The van der Waals surface area contributed by atoms with Crippen molar-refractivity contribution >= 4 is 27.7 Å². The number of benzene rings is 2. The number of hydrogen-bond donors (Lipinski definition) is 1. The summed E-state index contributed by atoms with van der Waals surface area (Å²) in [7, 11) is -3.61. The lowest BCUT2D eigenvalue weighted by Crippen LogP contribution is -2.52. The Balaban J connectivity index is 1.28. The molecule has 1 atom stereocenters. The summed E-state index contributed by atoms with van der Waals surface area (Å²) in [6, 6.07) is 16.4. The highest BCUT2D eigenvalue weighted by molar-refractivity contribution is 7.89. The molecule has 1 unspecified atom stereocenters. The van der Waals surface area contributed by atoms with E-state index in [2.05, 4.69) is 39.4 Å². The summed E-state index contributed by atoms with van der Waals surface area (Å²) in [5.41, 5.74) is 1.68. The predicted molar refractivity (Wildman–Crippen MR) is 138 cm³/mol. The van der Waals surface area contributed by atoms with E-state index in [4.69, 9.17) is 4.74 Å². The third-order valence-electron chi connectivity index (χ3n) is 6.52. The third kappa shape index (κ3) is 6.77. The normalized spacial score (nSPS) is 19.6. The summed E-state index contributed by atoms with van der Waals surface area (Å²) in [5, 5.41) is 2.91. The van der Waals surface area contributed by atoms with Gasteiger partial charge in [-0.2, -0.15) is 4.31 Å². The van der Waals surface area contributed by atoms with Crippen LogP contribution in [0.1, 0.15) is 12.5 Å². The Bertz CT molecular complexity index is 1110. The summed E-state index contributed by atoms with van der Waals surface area (Å²) in [4.78, 5) is 17.7. The highest BCUT2D eigenvalue weighted by Crippen LogP contribution is 2.21. The van der Waals surface area contributed by atoms with Crippen LogP contribution in [0.25, 0.3) is 6.08 Å². The zero-order valence-electron chi connectivity index (χ0n) is 20.2. The van der Waals surface area contributed by atoms with Crippen molar-refractivity contribution in [3.63, 3.8) is 0 Å². The molecule has 2 aromatic rings. The molecule has 0 bridgehead atoms. The van der Waals surface area contributed by atoms with Crippen LogP contribution in [0.4, 0.5) is 5.69 Å². The van der Waals surface area contributed by atoms with Gasteiger partial charge in [0.2, 0.25) is 15.9 Å². The highest BCUT2D eigenvalue weighted by Gasteiger charge is 2.28. The van der Waals surface area contributed by atoms with E-state index >= 15 is 0 Å². The summed E-state index contributed by atoms with van der Waals surface area (Å²) in [5.74, 6) is -0.136. The smallest absolute Gasteiger partial charge is 0.243 e. The van der Waals surface area contributed by atoms with Gasteiger partial charge in [0.25, 0.3) is 0 Å². The molecule has 2 aliphatic rings. The minimum absolute atomic E-state index is 0.136. The van der Waals surface area contributed by atoms with Crippen LogP contribution in [0.2, 0.25) is 0 Å². The summed E-state index contributed by atoms with van der Waals surface area (Å²) in [6.07, 6.45) is 4.31. The van der Waals surface area contributed by atoms with Crippen LogP contribution in [-0.2, 0) is 19.6 Å². The number of carbonyl (C=O) groups is 1. The van der Waals surface area contributed by atoms with Gasteiger partial charge < -0.3 is 10.1 Å². The first kappa shape index (κ1) is 25.5. The zero-order valence-corrected chi connectivity index (χ0v) is 21.0. The Hall–Kier alpha value is -2.56. The average molecular weight is 499 g/mol. The van der Waals surface area contributed by atoms with Gasteiger partial charge in [-0.15, -0.1) is 0 Å². The number of rotatable bonds is 8. The predicted octanol–water partition coefficient (Wildman–Crippen LogP) is 2.37. The minimum Gasteiger partial charge on any atom is -0.379 e. The lowest BCUT2D eigenvalue weighted by Gasteiger charge is -2.37. The molecule has 188 valence electrons. The number of amides is 1. The molecule has 0 radical (unpaired) electrons. The second-order valence-electron chi connectivity index (χ2n) is 8.86. The standard InChI is InChI=1S/C26H34N4O4S/c1-22(29-15-13-28(14-16-29)12-6-9-23-7-3-2-4-8-23)26(31)27-24-10-5-11-25(21-24)35(32,33)30-17-19-34-20-18-30/h2-11,21-22H,12-20H2,1H3,(H,27,31). The van der Waals surface area contributed by atoms with E-state index in [-0.39, 0.29) is 16.8 Å². The molecule has 2 aliphatic heterocycles. The van der Waals surface area contributed by atoms with Crippen molar-refractivity contribution in [2.75, 3.05) is 64.3 Å². The fourth-order valence-corrected chi connectivity index (χ4v) is 5.77. The van der Waals surface area contributed by atoms with Crippen LogP contribution in [0.3, 0.4) is 0 Å². The molecule has 1 N–H and O–H groups in total. The molecule has 2 saturated heterocycles. The van der Waals surface area contributed by atoms with Crippen LogP contribution in [0, 0.1) is 0 Å². The van der Waals surface area contributed by atoms with Crippen molar-refractivity contribution in [3.8, 4) is 0 Å². The summed E-state index contributed by atoms with van der Waals surface area (Å²) < 4.78 is 32.6. The minimum atomic E-state index is -3.61. The molecule has 2 aromatic carbocycles. The van der Waals surface area contributed by atoms with Gasteiger partial charge in [-0.25, -0.2) is 8.42 Å². The summed E-state index contributed by atoms with van der Waals surface area (Å²) in [6.45, 7) is 7.64. The van der Waals surface area contributed by atoms with Crippen molar-refractivity contribution in [1.29, 1.82) is 0 Å². The van der Waals surface area contributed by atoms with E-state index in [1.807, 2.05) is 25.1 Å². The number of morpholine rings is 1. The largest absolute Gasteiger partial charge is 0.379 e. The van der Waals surface area contributed by atoms with E-state index in [0.29, 0.717) is 32.0 Å². The van der Waals surface area contributed by atoms with Gasteiger partial charge in [0.1, 0.15) is 0 Å². The van der Waals surface area contributed by atoms with E-state index in [1.54, 1.807) is 18.2 Å². The fraction of sp³-hybridized carbons (Fsp3) is 0.423. The molecule has 0 aliphatic carbocycles. The Labute approximate surface area is 208 Å². The van der Waals surface area contributed by atoms with Gasteiger partial charge in [-0.3, -0.25) is 14.6 Å². The number of ether oxygens (including phenoxy) is 1. The first-order chi connectivity index (χ1) is 16.9. The molecule has 0 saturated carbocycles. The second kappa shape index (κ2) is 11.9. The SMILES string of the molecule is CC(C(=O)Nc1cccc(S(=O)(=O)N2CCOCC2)c1)N1CCN(CC=Cc2ccccc2)CC1. The van der Waals surface area contributed by atoms with Crippen molar-refractivity contribution in [1.82, 2.24) is 14.1 Å². The van der Waals surface area contributed by atoms with E-state index in [9.17, 15) is 13.2 Å². The van der Waals surface area contributed by atoms with Gasteiger partial charge in [-0.05, 0) is 30.7 Å². The summed E-state index contributed by atoms with van der Waals surface area (Å²) >= 11 is 0. The molecule has 9 heteroatoms. The maximum absolute atomic E-state index is 12.9. The Kier molecular flexibility index (Phi) is 8.69. The van der Waals surface area contributed by atoms with Crippen LogP contribution in [0.15, 0.2) is 65.6 Å². The molecule has 8 nitrogen and oxygen atoms in total. The molecule has 2 fully saturated rings. The van der Waals surface area contributed by atoms with Gasteiger partial charge in [-0.1, -0.05) is 48.6 Å². The molecule has 2 heterocycles. The lowest BCUT2D eigenvalue weighted by molar-refractivity contribution is -0.121. The topological polar surface area (TPSA) is 82.2 Å². The van der Waals surface area contributed by atoms with E-state index in [1.165, 1.54) is 15.9 Å². The van der Waals surface area contributed by atoms with Crippen molar-refractivity contribution < 1.29 is 17.9 Å². The van der Waals surface area contributed by atoms with E-state index in [0.717, 1.165) is 32.7 Å². The van der Waals surface area contributed by atoms with Crippen molar-refractivity contribution in [2.45, 2.75) is 17.9 Å². The van der Waals surface area contributed by atoms with Crippen LogP contribution < -0.4 is 5.32 Å². The number of anilines is 1. The molecular weight excluding hydrogens is 464 g/mol. The molecule has 0 spiro atoms. The fourth-order valence-electron chi connectivity index (χ4n) is 4.32. The van der Waals surface area contributed by atoms with E-state index < -0.39 is 10.0 Å². The highest BCUT2D eigenvalue weighted by atomic mass is 32.2. The number of carbonyl (C=O) groups excluding carboxylic acids is 1. The Morgan fingerprint density at radius 2 is 1.71 bits per heavy atom. The monoisotopic (exact) mass is 498 g/mol. The van der Waals surface area contributed by atoms with Gasteiger partial charge >= 0.3 is 0 Å². The van der Waals surface area contributed by atoms with Gasteiger partial charge in [0, 0.05) is 51.5 Å². The van der Waals surface area contributed by atoms with Crippen LogP contribution >= 0.6 is 0 Å². The maximum atomic E-state index is 12.9. The number of piperazine rings is 1. The zero-order chi connectivity index (χ0) is 24.7. The number of nitrogens with zero attached hydrogens (tertiary/aromatic N) is 3. The second-order valence-corrected chi connectivity index (χ2v) is 10.8. The first-order valence-electron chi connectivity index (χ1n) is 12.1. The Morgan fingerprint density at radius 3 is 2.43 bits per heavy atom. The Morgan fingerprint density at radius 1 is 1.00 bits per heavy atom. The number of nitrogens with one attached hydrogen (secondary N) is 1. The number of sulfonamides is 1. The molecule has 4 rings (SSSR count). The quantitative estimate of drug-likeness (QED) is 0.602. The molecule has 35 heavy (non-hydrogen) atoms. The number of hydrogen-bond acceptors (Lipinski definition) is 6. The molecule has 0 aromatic heterocycles. The van der Waals surface area contributed by atoms with Gasteiger partial charge in [0.05, 0.1) is 24.2 Å². The molecular formula is C26H34N4O4S. The van der Waals surface area contributed by atoms with Crippen molar-refractivity contribution in [3.05, 3.63) is 66.2 Å². The van der Waals surface area contributed by atoms with Crippen molar-refractivity contribution in [2.24, 2.45) is 0 Å². The average Bonchev–Trinajstić information content (AvgIpc) is 2.90. The molecule has 1 amide bonds.